The van der Waals surface area contributed by atoms with Crippen LogP contribution in [-0.2, 0) is 21.7 Å². The summed E-state index contributed by atoms with van der Waals surface area (Å²) >= 11 is 0. The van der Waals surface area contributed by atoms with Crippen molar-refractivity contribution in [3.05, 3.63) is 23.8 Å². The number of alkyl halides is 6. The second-order valence-electron chi connectivity index (χ2n) is 3.68. The molecule has 1 rings (SSSR count). The van der Waals surface area contributed by atoms with Crippen molar-refractivity contribution < 1.29 is 35.3 Å². The van der Waals surface area contributed by atoms with Crippen molar-refractivity contribution in [1.29, 1.82) is 0 Å². The zero-order valence-electron chi connectivity index (χ0n) is 9.72. The molecule has 0 aromatic heterocycles. The molecular weight excluding hydrogens is 312 g/mol. The summed E-state index contributed by atoms with van der Waals surface area (Å²) in [6.07, 6.45) is -9.18. The van der Waals surface area contributed by atoms with Crippen molar-refractivity contribution >= 4 is 16.5 Å². The predicted octanol–water partition coefficient (Wildman–Crippen LogP) is 2.93. The number of rotatable bonds is 4. The standard InChI is InChI=1S/C10H9F6NO2S/c11-9(12,13)4-19-5-20(18)8-2-1-6(3-7(8)17)10(14,15)16/h1-3H,4-5,17H2. The van der Waals surface area contributed by atoms with Crippen LogP contribution in [0.25, 0.3) is 0 Å². The third-order valence-corrected chi connectivity index (χ3v) is 3.28. The highest BCUT2D eigenvalue weighted by molar-refractivity contribution is 7.85. The molecule has 0 aliphatic carbocycles. The number of ether oxygens (including phenoxy) is 1. The van der Waals surface area contributed by atoms with Gasteiger partial charge in [-0.05, 0) is 18.2 Å². The summed E-state index contributed by atoms with van der Waals surface area (Å²) in [4.78, 5) is -0.208. The summed E-state index contributed by atoms with van der Waals surface area (Å²) in [5.74, 6) is -0.810. The molecular formula is C10H9F6NO2S. The number of hydrogen-bond donors (Lipinski definition) is 1. The molecule has 0 spiro atoms. The van der Waals surface area contributed by atoms with Gasteiger partial charge < -0.3 is 10.5 Å². The van der Waals surface area contributed by atoms with Crippen LogP contribution in [0.15, 0.2) is 23.1 Å². The molecule has 2 N–H and O–H groups in total. The lowest BCUT2D eigenvalue weighted by Gasteiger charge is -2.11. The summed E-state index contributed by atoms with van der Waals surface area (Å²) in [6, 6.07) is 2.07. The van der Waals surface area contributed by atoms with Crippen LogP contribution in [0.2, 0.25) is 0 Å². The minimum Gasteiger partial charge on any atom is -0.398 e. The van der Waals surface area contributed by atoms with Gasteiger partial charge in [0.1, 0.15) is 12.5 Å². The van der Waals surface area contributed by atoms with E-state index >= 15 is 0 Å². The van der Waals surface area contributed by atoms with E-state index in [9.17, 15) is 30.6 Å². The molecule has 0 aliphatic heterocycles. The number of nitrogens with two attached hydrogens (primary N) is 1. The van der Waals surface area contributed by atoms with Gasteiger partial charge in [-0.1, -0.05) is 0 Å². The number of halogens is 6. The maximum Gasteiger partial charge on any atom is 0.416 e. The van der Waals surface area contributed by atoms with Crippen LogP contribution in [0.5, 0.6) is 0 Å². The van der Waals surface area contributed by atoms with Crippen LogP contribution < -0.4 is 5.73 Å². The largest absolute Gasteiger partial charge is 0.416 e. The first kappa shape index (κ1) is 16.8. The zero-order chi connectivity index (χ0) is 15.6. The summed E-state index contributed by atoms with van der Waals surface area (Å²) in [6.45, 7) is -1.60. The van der Waals surface area contributed by atoms with Crippen LogP contribution >= 0.6 is 0 Å². The molecule has 0 fully saturated rings. The Morgan fingerprint density at radius 2 is 1.75 bits per heavy atom. The molecule has 1 aromatic rings. The van der Waals surface area contributed by atoms with E-state index in [1.807, 2.05) is 0 Å². The summed E-state index contributed by atoms with van der Waals surface area (Å²) < 4.78 is 88.2. The monoisotopic (exact) mass is 321 g/mol. The highest BCUT2D eigenvalue weighted by atomic mass is 32.2. The third-order valence-electron chi connectivity index (χ3n) is 2.04. The van der Waals surface area contributed by atoms with Gasteiger partial charge in [-0.3, -0.25) is 4.21 Å². The highest BCUT2D eigenvalue weighted by Gasteiger charge is 2.31. The maximum absolute atomic E-state index is 12.4. The summed E-state index contributed by atoms with van der Waals surface area (Å²) in [5.41, 5.74) is 3.85. The second-order valence-corrected chi connectivity index (χ2v) is 5.04. The molecule has 10 heteroatoms. The van der Waals surface area contributed by atoms with Crippen LogP contribution in [0.4, 0.5) is 32.0 Å². The number of hydrogen-bond acceptors (Lipinski definition) is 3. The Kier molecular flexibility index (Phi) is 5.03. The molecule has 0 aliphatic rings. The van der Waals surface area contributed by atoms with E-state index < -0.39 is 46.9 Å². The van der Waals surface area contributed by atoms with E-state index in [-0.39, 0.29) is 4.90 Å². The highest BCUT2D eigenvalue weighted by Crippen LogP contribution is 2.32. The average molecular weight is 321 g/mol. The fraction of sp³-hybridized carbons (Fsp3) is 0.400. The third kappa shape index (κ3) is 5.00. The fourth-order valence-corrected chi connectivity index (χ4v) is 2.13. The number of anilines is 1. The van der Waals surface area contributed by atoms with Crippen molar-refractivity contribution in [3.63, 3.8) is 0 Å². The zero-order valence-corrected chi connectivity index (χ0v) is 10.5. The molecule has 1 aromatic carbocycles. The van der Waals surface area contributed by atoms with Crippen LogP contribution in [0, 0.1) is 0 Å². The van der Waals surface area contributed by atoms with Crippen LogP contribution in [0.3, 0.4) is 0 Å². The first-order chi connectivity index (χ1) is 9.00. The minimum atomic E-state index is -4.61. The van der Waals surface area contributed by atoms with Crippen molar-refractivity contribution in [3.8, 4) is 0 Å². The molecule has 0 heterocycles. The first-order valence-electron chi connectivity index (χ1n) is 5.00. The van der Waals surface area contributed by atoms with Gasteiger partial charge in [-0.25, -0.2) is 0 Å². The smallest absolute Gasteiger partial charge is 0.398 e. The molecule has 1 unspecified atom stereocenters. The fourth-order valence-electron chi connectivity index (χ4n) is 1.23. The van der Waals surface area contributed by atoms with E-state index in [2.05, 4.69) is 4.74 Å². The van der Waals surface area contributed by atoms with Gasteiger partial charge >= 0.3 is 12.4 Å². The van der Waals surface area contributed by atoms with E-state index in [0.29, 0.717) is 12.1 Å². The van der Waals surface area contributed by atoms with Gasteiger partial charge in [0.15, 0.2) is 0 Å². The van der Waals surface area contributed by atoms with Gasteiger partial charge in [0.25, 0.3) is 0 Å². The Hall–Kier alpha value is -1.29. The molecule has 0 radical (unpaired) electrons. The van der Waals surface area contributed by atoms with Crippen molar-refractivity contribution in [2.24, 2.45) is 0 Å². The Balaban J connectivity index is 2.75. The Morgan fingerprint density at radius 3 is 2.20 bits per heavy atom. The second kappa shape index (κ2) is 6.00. The van der Waals surface area contributed by atoms with Crippen molar-refractivity contribution in [1.82, 2.24) is 0 Å². The van der Waals surface area contributed by atoms with E-state index in [1.54, 1.807) is 0 Å². The lowest BCUT2D eigenvalue weighted by Crippen LogP contribution is -2.19. The molecule has 0 amide bonds. The Labute approximate surface area is 112 Å². The van der Waals surface area contributed by atoms with Gasteiger partial charge in [-0.2, -0.15) is 26.3 Å². The molecule has 20 heavy (non-hydrogen) atoms. The molecule has 3 nitrogen and oxygen atoms in total. The van der Waals surface area contributed by atoms with Crippen molar-refractivity contribution in [2.75, 3.05) is 18.3 Å². The quantitative estimate of drug-likeness (QED) is 0.685. The normalized spacial score (nSPS) is 14.3. The van der Waals surface area contributed by atoms with E-state index in [1.165, 1.54) is 0 Å². The minimum absolute atomic E-state index is 0.208. The van der Waals surface area contributed by atoms with Gasteiger partial charge in [0.2, 0.25) is 0 Å². The topological polar surface area (TPSA) is 52.3 Å². The van der Waals surface area contributed by atoms with Crippen LogP contribution in [-0.4, -0.2) is 22.9 Å². The summed E-state index contributed by atoms with van der Waals surface area (Å²) in [5, 5.41) is 0. The van der Waals surface area contributed by atoms with E-state index in [0.717, 1.165) is 6.07 Å². The van der Waals surface area contributed by atoms with Crippen LogP contribution in [0.1, 0.15) is 5.56 Å². The maximum atomic E-state index is 12.4. The summed E-state index contributed by atoms with van der Waals surface area (Å²) in [7, 11) is -2.08. The lowest BCUT2D eigenvalue weighted by atomic mass is 10.2. The Morgan fingerprint density at radius 1 is 1.15 bits per heavy atom. The molecule has 0 saturated carbocycles. The average Bonchev–Trinajstić information content (AvgIpc) is 2.25. The predicted molar refractivity (Wildman–Crippen MR) is 59.1 cm³/mol. The SMILES string of the molecule is Nc1cc(C(F)(F)F)ccc1S(=O)COCC(F)(F)F. The van der Waals surface area contributed by atoms with Crippen molar-refractivity contribution in [2.45, 2.75) is 17.2 Å². The Bertz CT molecular complexity index is 500. The van der Waals surface area contributed by atoms with Gasteiger partial charge in [-0.15, -0.1) is 0 Å². The first-order valence-corrected chi connectivity index (χ1v) is 6.32. The van der Waals surface area contributed by atoms with E-state index in [4.69, 9.17) is 5.73 Å². The number of nitrogen functional groups attached to an aromatic ring is 1. The lowest BCUT2D eigenvalue weighted by molar-refractivity contribution is -0.169. The molecule has 1 atom stereocenters. The molecule has 0 saturated heterocycles. The van der Waals surface area contributed by atoms with Gasteiger partial charge in [0, 0.05) is 5.69 Å². The number of benzene rings is 1. The molecule has 114 valence electrons. The molecule has 0 bridgehead atoms. The van der Waals surface area contributed by atoms with Gasteiger partial charge in [0.05, 0.1) is 21.3 Å².